The lowest BCUT2D eigenvalue weighted by Gasteiger charge is -2.09. The van der Waals surface area contributed by atoms with E-state index in [0.717, 1.165) is 35.7 Å². The van der Waals surface area contributed by atoms with Gasteiger partial charge in [-0.25, -0.2) is 4.57 Å². The third-order valence-electron chi connectivity index (χ3n) is 4.63. The van der Waals surface area contributed by atoms with E-state index in [1.165, 1.54) is 12.1 Å². The number of hydrazine groups is 1. The van der Waals surface area contributed by atoms with E-state index in [2.05, 4.69) is 19.7 Å². The van der Waals surface area contributed by atoms with Crippen LogP contribution in [-0.4, -0.2) is 24.5 Å². The van der Waals surface area contributed by atoms with Crippen molar-refractivity contribution in [3.63, 3.8) is 0 Å². The highest BCUT2D eigenvalue weighted by molar-refractivity contribution is 5.63. The summed E-state index contributed by atoms with van der Waals surface area (Å²) in [7, 11) is 0. The Morgan fingerprint density at radius 1 is 0.900 bits per heavy atom. The van der Waals surface area contributed by atoms with Crippen LogP contribution in [0.1, 0.15) is 6.42 Å². The average molecular weight is 416 g/mol. The first-order valence-corrected chi connectivity index (χ1v) is 9.55. The third-order valence-corrected chi connectivity index (χ3v) is 4.63. The number of alkyl halides is 3. The number of anilines is 1. The standard InChI is InChI=1S/C22H20F3N3O2/c23-22(24,25)30-20-10-7-17(8-11-20)18-9-12-21-26-28(16-27(21)15-18)13-4-14-29-19-5-2-1-3-6-19/h1-3,5-12,15H,4,13-14,16H2/p+1. The molecule has 0 saturated heterocycles. The number of ether oxygens (including phenoxy) is 2. The average Bonchev–Trinajstić information content (AvgIpc) is 3.13. The predicted molar refractivity (Wildman–Crippen MR) is 106 cm³/mol. The molecule has 0 aliphatic carbocycles. The van der Waals surface area contributed by atoms with E-state index in [9.17, 15) is 13.2 Å². The fraction of sp³-hybridized carbons (Fsp3) is 0.227. The van der Waals surface area contributed by atoms with Crippen LogP contribution in [0, 0.1) is 0 Å². The van der Waals surface area contributed by atoms with Crippen molar-refractivity contribution >= 4 is 5.82 Å². The molecule has 0 spiro atoms. The quantitative estimate of drug-likeness (QED) is 0.451. The van der Waals surface area contributed by atoms with Crippen molar-refractivity contribution in [3.05, 3.63) is 72.9 Å². The maximum atomic E-state index is 12.3. The zero-order valence-electron chi connectivity index (χ0n) is 16.1. The molecule has 0 atom stereocenters. The van der Waals surface area contributed by atoms with Gasteiger partial charge in [-0.1, -0.05) is 30.3 Å². The van der Waals surface area contributed by atoms with Crippen LogP contribution < -0.4 is 19.5 Å². The molecule has 4 rings (SSSR count). The molecule has 0 saturated carbocycles. The molecule has 5 nitrogen and oxygen atoms in total. The second-order valence-corrected chi connectivity index (χ2v) is 6.88. The smallest absolute Gasteiger partial charge is 0.494 e. The summed E-state index contributed by atoms with van der Waals surface area (Å²) in [5.41, 5.74) is 5.07. The molecule has 1 aliphatic rings. The van der Waals surface area contributed by atoms with Crippen LogP contribution in [0.5, 0.6) is 11.5 Å². The predicted octanol–water partition coefficient (Wildman–Crippen LogP) is 4.61. The first-order valence-electron chi connectivity index (χ1n) is 9.55. The molecule has 0 bridgehead atoms. The second kappa shape index (κ2) is 8.62. The Labute approximate surface area is 172 Å². The molecule has 2 aromatic carbocycles. The lowest BCUT2D eigenvalue weighted by molar-refractivity contribution is -0.685. The van der Waals surface area contributed by atoms with E-state index >= 15 is 0 Å². The van der Waals surface area contributed by atoms with Crippen molar-refractivity contribution in [2.75, 3.05) is 18.6 Å². The number of nitrogens with one attached hydrogen (secondary N) is 1. The summed E-state index contributed by atoms with van der Waals surface area (Å²) in [5, 5.41) is 2.09. The molecule has 8 heteroatoms. The molecule has 0 unspecified atom stereocenters. The summed E-state index contributed by atoms with van der Waals surface area (Å²) in [4.78, 5) is 0. The number of pyridine rings is 1. The first kappa shape index (κ1) is 20.0. The van der Waals surface area contributed by atoms with Crippen molar-refractivity contribution in [1.29, 1.82) is 0 Å². The van der Waals surface area contributed by atoms with E-state index in [1.807, 2.05) is 48.7 Å². The summed E-state index contributed by atoms with van der Waals surface area (Å²) in [5.74, 6) is 1.59. The highest BCUT2D eigenvalue weighted by Gasteiger charge is 2.31. The minimum atomic E-state index is -4.69. The highest BCUT2D eigenvalue weighted by atomic mass is 19.4. The normalized spacial score (nSPS) is 13.6. The van der Waals surface area contributed by atoms with Gasteiger partial charge in [-0.3, -0.25) is 0 Å². The van der Waals surface area contributed by atoms with Crippen molar-refractivity contribution in [3.8, 4) is 22.6 Å². The highest BCUT2D eigenvalue weighted by Crippen LogP contribution is 2.26. The number of rotatable bonds is 7. The van der Waals surface area contributed by atoms with Crippen LogP contribution in [0.15, 0.2) is 72.9 Å². The topological polar surface area (TPSA) is 37.6 Å². The maximum absolute atomic E-state index is 12.3. The van der Waals surface area contributed by atoms with Gasteiger partial charge in [0.25, 0.3) is 5.82 Å². The Morgan fingerprint density at radius 3 is 2.37 bits per heavy atom. The molecule has 0 fully saturated rings. The summed E-state index contributed by atoms with van der Waals surface area (Å²) in [6.07, 6.45) is -1.85. The Hall–Kier alpha value is -3.26. The fourth-order valence-corrected chi connectivity index (χ4v) is 3.25. The van der Waals surface area contributed by atoms with E-state index < -0.39 is 6.36 Å². The molecule has 1 N–H and O–H groups in total. The Bertz CT molecular complexity index is 979. The Balaban J connectivity index is 1.31. The van der Waals surface area contributed by atoms with Gasteiger partial charge >= 0.3 is 6.36 Å². The molecule has 1 aromatic heterocycles. The van der Waals surface area contributed by atoms with Gasteiger partial charge in [0.2, 0.25) is 0 Å². The second-order valence-electron chi connectivity index (χ2n) is 6.88. The number of hydrogen-bond acceptors (Lipinski definition) is 4. The van der Waals surface area contributed by atoms with E-state index in [-0.39, 0.29) is 5.75 Å². The number of halogens is 3. The number of hydrogen-bond donors (Lipinski definition) is 1. The molecule has 3 aromatic rings. The molecule has 2 heterocycles. The minimum Gasteiger partial charge on any atom is -0.494 e. The largest absolute Gasteiger partial charge is 0.573 e. The number of nitrogens with zero attached hydrogens (tertiary/aromatic N) is 2. The number of benzene rings is 2. The first-order chi connectivity index (χ1) is 14.5. The number of fused-ring (bicyclic) bond motifs is 1. The Kier molecular flexibility index (Phi) is 5.76. The molecule has 30 heavy (non-hydrogen) atoms. The molecule has 1 aliphatic heterocycles. The van der Waals surface area contributed by atoms with Crippen LogP contribution >= 0.6 is 0 Å². The summed E-state index contributed by atoms with van der Waals surface area (Å²) in [6, 6.07) is 19.5. The molecule has 0 amide bonds. The number of aromatic nitrogens is 1. The van der Waals surface area contributed by atoms with Crippen LogP contribution in [0.25, 0.3) is 11.1 Å². The van der Waals surface area contributed by atoms with E-state index in [4.69, 9.17) is 4.74 Å². The monoisotopic (exact) mass is 416 g/mol. The van der Waals surface area contributed by atoms with Crippen molar-refractivity contribution < 1.29 is 27.2 Å². The van der Waals surface area contributed by atoms with Gasteiger partial charge in [-0.15, -0.1) is 18.2 Å². The zero-order chi connectivity index (χ0) is 21.0. The maximum Gasteiger partial charge on any atom is 0.573 e. The van der Waals surface area contributed by atoms with Crippen LogP contribution in [0.2, 0.25) is 0 Å². The van der Waals surface area contributed by atoms with Crippen molar-refractivity contribution in [2.24, 2.45) is 0 Å². The van der Waals surface area contributed by atoms with Crippen molar-refractivity contribution in [1.82, 2.24) is 5.01 Å². The van der Waals surface area contributed by atoms with Crippen LogP contribution in [-0.2, 0) is 6.67 Å². The van der Waals surface area contributed by atoms with E-state index in [1.54, 1.807) is 12.1 Å². The van der Waals surface area contributed by atoms with Gasteiger partial charge in [0.05, 0.1) is 6.61 Å². The van der Waals surface area contributed by atoms with Gasteiger partial charge in [-0.05, 0) is 42.3 Å². The van der Waals surface area contributed by atoms with Gasteiger partial charge < -0.3 is 9.47 Å². The van der Waals surface area contributed by atoms with Gasteiger partial charge in [0.15, 0.2) is 6.67 Å². The fourth-order valence-electron chi connectivity index (χ4n) is 3.25. The lowest BCUT2D eigenvalue weighted by Crippen LogP contribution is -2.36. The van der Waals surface area contributed by atoms with Gasteiger partial charge in [0.1, 0.15) is 17.7 Å². The minimum absolute atomic E-state index is 0.231. The molecule has 0 radical (unpaired) electrons. The third kappa shape index (κ3) is 5.21. The SMILES string of the molecule is FC(F)(F)Oc1ccc(-c2ccc3[n+](c2)CN(CCCOc2ccccc2)N3)cc1. The Morgan fingerprint density at radius 2 is 1.63 bits per heavy atom. The summed E-state index contributed by atoms with van der Waals surface area (Å²) < 4.78 is 48.6. The summed E-state index contributed by atoms with van der Waals surface area (Å²) >= 11 is 0. The molecular formula is C22H21F3N3O2+. The van der Waals surface area contributed by atoms with Crippen molar-refractivity contribution in [2.45, 2.75) is 19.5 Å². The molecule has 156 valence electrons. The zero-order valence-corrected chi connectivity index (χ0v) is 16.1. The molecular weight excluding hydrogens is 395 g/mol. The van der Waals surface area contributed by atoms with Crippen LogP contribution in [0.3, 0.4) is 0 Å². The van der Waals surface area contributed by atoms with Gasteiger partial charge in [0, 0.05) is 18.2 Å². The van der Waals surface area contributed by atoms with E-state index in [0.29, 0.717) is 13.3 Å². The summed E-state index contributed by atoms with van der Waals surface area (Å²) in [6.45, 7) is 2.11. The lowest BCUT2D eigenvalue weighted by atomic mass is 10.1. The number of para-hydroxylation sites is 1. The van der Waals surface area contributed by atoms with Crippen LogP contribution in [0.4, 0.5) is 19.0 Å². The van der Waals surface area contributed by atoms with Gasteiger partial charge in [-0.2, -0.15) is 5.43 Å².